The first-order valence-corrected chi connectivity index (χ1v) is 8.66. The SMILES string of the molecule is O=C(O)Cc1ccc2c(CC(=O)O)c(CC(=O)O)c(CC(=O)O)c(CC(=O)O)c2c1. The van der Waals surface area contributed by atoms with Gasteiger partial charge in [0.25, 0.3) is 0 Å². The second-order valence-electron chi connectivity index (χ2n) is 6.65. The highest BCUT2D eigenvalue weighted by molar-refractivity contribution is 5.98. The second kappa shape index (κ2) is 9.03. The zero-order chi connectivity index (χ0) is 22.6. The largest absolute Gasteiger partial charge is 0.481 e. The van der Waals surface area contributed by atoms with Crippen LogP contribution in [0.5, 0.6) is 0 Å². The Hall–Kier alpha value is -3.95. The molecule has 0 aliphatic carbocycles. The number of carboxylic acid groups (broad SMARTS) is 5. The lowest BCUT2D eigenvalue weighted by Crippen LogP contribution is -2.18. The molecule has 0 radical (unpaired) electrons. The zero-order valence-corrected chi connectivity index (χ0v) is 15.5. The van der Waals surface area contributed by atoms with Crippen LogP contribution in [0.1, 0.15) is 27.8 Å². The third kappa shape index (κ3) is 5.31. The van der Waals surface area contributed by atoms with Crippen molar-refractivity contribution in [3.05, 3.63) is 46.0 Å². The Morgan fingerprint density at radius 2 is 0.867 bits per heavy atom. The highest BCUT2D eigenvalue weighted by atomic mass is 16.4. The van der Waals surface area contributed by atoms with Crippen LogP contribution in [-0.2, 0) is 56.1 Å². The average Bonchev–Trinajstić information content (AvgIpc) is 2.59. The molecule has 2 rings (SSSR count). The lowest BCUT2D eigenvalue weighted by atomic mass is 9.83. The van der Waals surface area contributed by atoms with Gasteiger partial charge in [-0.2, -0.15) is 0 Å². The first-order chi connectivity index (χ1) is 14.0. The molecule has 0 unspecified atom stereocenters. The van der Waals surface area contributed by atoms with Crippen molar-refractivity contribution in [3.8, 4) is 0 Å². The van der Waals surface area contributed by atoms with E-state index < -0.39 is 55.5 Å². The molecule has 158 valence electrons. The van der Waals surface area contributed by atoms with Gasteiger partial charge in [-0.1, -0.05) is 18.2 Å². The standard InChI is InChI=1S/C20H18O10/c21-16(22)4-9-1-2-10-11(3-9)13(6-18(25)26)15(8-20(29)30)14(7-19(27)28)12(10)5-17(23)24/h1-3H,4-8H2,(H,21,22)(H,23,24)(H,25,26)(H,27,28)(H,29,30). The fourth-order valence-corrected chi connectivity index (χ4v) is 3.51. The van der Waals surface area contributed by atoms with Gasteiger partial charge < -0.3 is 25.5 Å². The van der Waals surface area contributed by atoms with Crippen LogP contribution < -0.4 is 0 Å². The van der Waals surface area contributed by atoms with Crippen LogP contribution in [-0.4, -0.2) is 55.4 Å². The molecule has 0 fully saturated rings. The van der Waals surface area contributed by atoms with Crippen molar-refractivity contribution in [2.24, 2.45) is 0 Å². The van der Waals surface area contributed by atoms with E-state index >= 15 is 0 Å². The maximum atomic E-state index is 11.5. The van der Waals surface area contributed by atoms with E-state index in [1.54, 1.807) is 0 Å². The van der Waals surface area contributed by atoms with E-state index in [1.165, 1.54) is 18.2 Å². The number of rotatable bonds is 10. The smallest absolute Gasteiger partial charge is 0.307 e. The number of carboxylic acids is 5. The van der Waals surface area contributed by atoms with Crippen molar-refractivity contribution >= 4 is 40.6 Å². The summed E-state index contributed by atoms with van der Waals surface area (Å²) in [5.74, 6) is -6.43. The number of hydrogen-bond donors (Lipinski definition) is 5. The van der Waals surface area contributed by atoms with E-state index in [-0.39, 0.29) is 39.4 Å². The number of hydrogen-bond acceptors (Lipinski definition) is 5. The predicted octanol–water partition coefficient (Wildman–Crippen LogP) is 0.975. The Labute approximate surface area is 169 Å². The normalized spacial score (nSPS) is 10.7. The molecule has 2 aromatic carbocycles. The van der Waals surface area contributed by atoms with Crippen molar-refractivity contribution in [1.29, 1.82) is 0 Å². The minimum absolute atomic E-state index is 0.0255. The lowest BCUT2D eigenvalue weighted by Gasteiger charge is -2.20. The number of aliphatic carboxylic acids is 5. The average molecular weight is 418 g/mol. The van der Waals surface area contributed by atoms with E-state index in [0.29, 0.717) is 5.56 Å². The summed E-state index contributed by atoms with van der Waals surface area (Å²) in [6.07, 6.45) is -3.05. The van der Waals surface area contributed by atoms with E-state index in [1.807, 2.05) is 0 Å². The molecule has 0 aliphatic rings. The van der Waals surface area contributed by atoms with Crippen molar-refractivity contribution < 1.29 is 49.5 Å². The molecular formula is C20H18O10. The molecule has 0 aromatic heterocycles. The van der Waals surface area contributed by atoms with Gasteiger partial charge in [0.2, 0.25) is 0 Å². The quantitative estimate of drug-likeness (QED) is 0.372. The Bertz CT molecular complexity index is 1070. The topological polar surface area (TPSA) is 186 Å². The Kier molecular flexibility index (Phi) is 6.73. The van der Waals surface area contributed by atoms with Crippen molar-refractivity contribution in [2.45, 2.75) is 32.1 Å². The molecule has 5 N–H and O–H groups in total. The van der Waals surface area contributed by atoms with E-state index in [0.717, 1.165) is 0 Å². The zero-order valence-electron chi connectivity index (χ0n) is 15.5. The summed E-state index contributed by atoms with van der Waals surface area (Å²) < 4.78 is 0. The molecule has 0 saturated carbocycles. The third-order valence-corrected chi connectivity index (χ3v) is 4.49. The fourth-order valence-electron chi connectivity index (χ4n) is 3.51. The summed E-state index contributed by atoms with van der Waals surface area (Å²) in [6.45, 7) is 0. The highest BCUT2D eigenvalue weighted by Crippen LogP contribution is 2.34. The molecule has 0 aliphatic heterocycles. The second-order valence-corrected chi connectivity index (χ2v) is 6.65. The van der Waals surface area contributed by atoms with E-state index in [4.69, 9.17) is 5.11 Å². The maximum absolute atomic E-state index is 11.5. The van der Waals surface area contributed by atoms with Gasteiger partial charge in [-0.15, -0.1) is 0 Å². The molecule has 0 heterocycles. The van der Waals surface area contributed by atoms with Gasteiger partial charge in [0.1, 0.15) is 0 Å². The van der Waals surface area contributed by atoms with Crippen LogP contribution >= 0.6 is 0 Å². The summed E-state index contributed by atoms with van der Waals surface area (Å²) in [7, 11) is 0. The molecule has 10 heteroatoms. The van der Waals surface area contributed by atoms with Crippen molar-refractivity contribution in [2.75, 3.05) is 0 Å². The minimum atomic E-state index is -1.35. The van der Waals surface area contributed by atoms with E-state index in [2.05, 4.69) is 0 Å². The first-order valence-electron chi connectivity index (χ1n) is 8.66. The number of benzene rings is 2. The Morgan fingerprint density at radius 3 is 1.27 bits per heavy atom. The molecule has 0 saturated heterocycles. The summed E-state index contributed by atoms with van der Waals surface area (Å²) >= 11 is 0. The van der Waals surface area contributed by atoms with Crippen LogP contribution in [0.15, 0.2) is 18.2 Å². The van der Waals surface area contributed by atoms with Gasteiger partial charge in [0.05, 0.1) is 32.1 Å². The Balaban J connectivity index is 3.01. The van der Waals surface area contributed by atoms with Crippen molar-refractivity contribution in [1.82, 2.24) is 0 Å². The van der Waals surface area contributed by atoms with Gasteiger partial charge in [-0.3, -0.25) is 24.0 Å². The van der Waals surface area contributed by atoms with Gasteiger partial charge in [-0.05, 0) is 38.6 Å². The van der Waals surface area contributed by atoms with Crippen LogP contribution in [0, 0.1) is 0 Å². The summed E-state index contributed by atoms with van der Waals surface area (Å²) in [5.41, 5.74) is 0.255. The molecule has 0 atom stereocenters. The maximum Gasteiger partial charge on any atom is 0.307 e. The molecule has 0 bridgehead atoms. The molecule has 0 spiro atoms. The molecule has 10 nitrogen and oxygen atoms in total. The number of fused-ring (bicyclic) bond motifs is 1. The van der Waals surface area contributed by atoms with Gasteiger partial charge >= 0.3 is 29.8 Å². The van der Waals surface area contributed by atoms with Crippen LogP contribution in [0.4, 0.5) is 0 Å². The van der Waals surface area contributed by atoms with Crippen molar-refractivity contribution in [3.63, 3.8) is 0 Å². The Morgan fingerprint density at radius 1 is 0.500 bits per heavy atom. The van der Waals surface area contributed by atoms with Crippen LogP contribution in [0.25, 0.3) is 10.8 Å². The summed E-state index contributed by atoms with van der Waals surface area (Å²) in [5, 5.41) is 46.7. The van der Waals surface area contributed by atoms with Gasteiger partial charge in [0, 0.05) is 0 Å². The van der Waals surface area contributed by atoms with Crippen LogP contribution in [0.3, 0.4) is 0 Å². The summed E-state index contributed by atoms with van der Waals surface area (Å²) in [4.78, 5) is 56.8. The van der Waals surface area contributed by atoms with E-state index in [9.17, 15) is 44.4 Å². The highest BCUT2D eigenvalue weighted by Gasteiger charge is 2.25. The molecule has 30 heavy (non-hydrogen) atoms. The monoisotopic (exact) mass is 418 g/mol. The molecule has 0 amide bonds. The third-order valence-electron chi connectivity index (χ3n) is 4.49. The molecular weight excluding hydrogens is 400 g/mol. The van der Waals surface area contributed by atoms with Gasteiger partial charge in [-0.25, -0.2) is 0 Å². The van der Waals surface area contributed by atoms with Gasteiger partial charge in [0.15, 0.2) is 0 Å². The lowest BCUT2D eigenvalue weighted by molar-refractivity contribution is -0.138. The first kappa shape index (κ1) is 22.3. The fraction of sp³-hybridized carbons (Fsp3) is 0.250. The molecule has 2 aromatic rings. The predicted molar refractivity (Wildman–Crippen MR) is 101 cm³/mol. The van der Waals surface area contributed by atoms with Crippen LogP contribution in [0.2, 0.25) is 0 Å². The summed E-state index contributed by atoms with van der Waals surface area (Å²) in [6, 6.07) is 4.21. The number of carbonyl (C=O) groups is 5. The minimum Gasteiger partial charge on any atom is -0.481 e.